The smallest absolute Gasteiger partial charge is 0.119 e. The molecule has 16 heavy (non-hydrogen) atoms. The summed E-state index contributed by atoms with van der Waals surface area (Å²) < 4.78 is 5.76. The molecule has 0 radical (unpaired) electrons. The molecule has 1 aromatic rings. The van der Waals surface area contributed by atoms with Gasteiger partial charge in [-0.3, -0.25) is 0 Å². The molecule has 0 amide bonds. The van der Waals surface area contributed by atoms with Crippen LogP contribution in [0.1, 0.15) is 19.4 Å². The first-order chi connectivity index (χ1) is 7.76. The Labute approximate surface area is 98.3 Å². The lowest BCUT2D eigenvalue weighted by Gasteiger charge is -2.15. The minimum absolute atomic E-state index is 0.174. The molecule has 0 bridgehead atoms. The van der Waals surface area contributed by atoms with Crippen LogP contribution in [0.15, 0.2) is 36.9 Å². The molecule has 1 aromatic carbocycles. The Kier molecular flexibility index (Phi) is 5.65. The summed E-state index contributed by atoms with van der Waals surface area (Å²) in [5.74, 6) is 0.935. The predicted octanol–water partition coefficient (Wildman–Crippen LogP) is 2.79. The summed E-state index contributed by atoms with van der Waals surface area (Å²) in [6.45, 7) is 9.52. The third kappa shape index (κ3) is 4.49. The van der Waals surface area contributed by atoms with E-state index in [0.717, 1.165) is 25.3 Å². The highest BCUT2D eigenvalue weighted by Gasteiger charge is 2.02. The highest BCUT2D eigenvalue weighted by Crippen LogP contribution is 2.13. The molecular weight excluding hydrogens is 198 g/mol. The van der Waals surface area contributed by atoms with Gasteiger partial charge in [-0.1, -0.05) is 25.1 Å². The lowest BCUT2D eigenvalue weighted by atomic mass is 10.2. The minimum atomic E-state index is 0.174. The molecule has 88 valence electrons. The van der Waals surface area contributed by atoms with E-state index in [2.05, 4.69) is 37.9 Å². The molecule has 0 aliphatic heterocycles. The Hall–Kier alpha value is -1.28. The van der Waals surface area contributed by atoms with Crippen molar-refractivity contribution in [3.05, 3.63) is 42.5 Å². The molecule has 0 saturated carbocycles. The summed E-state index contributed by atoms with van der Waals surface area (Å²) in [5, 5.41) is 3.23. The van der Waals surface area contributed by atoms with Crippen LogP contribution in [0.25, 0.3) is 0 Å². The first kappa shape index (κ1) is 12.8. The predicted molar refractivity (Wildman–Crippen MR) is 69.0 cm³/mol. The zero-order chi connectivity index (χ0) is 11.8. The zero-order valence-electron chi connectivity index (χ0n) is 10.2. The monoisotopic (exact) mass is 219 g/mol. The maximum Gasteiger partial charge on any atom is 0.119 e. The zero-order valence-corrected chi connectivity index (χ0v) is 10.2. The fraction of sp³-hybridized carbons (Fsp3) is 0.429. The van der Waals surface area contributed by atoms with Crippen LogP contribution in [0.5, 0.6) is 5.75 Å². The standard InChI is InChI=1S/C14H21NO/c1-4-10-15-11-12(3)16-14-8-6-13(5-2)7-9-14/h4,6-9,12,15H,1,5,10-11H2,2-3H3. The van der Waals surface area contributed by atoms with Crippen molar-refractivity contribution < 1.29 is 4.74 Å². The molecule has 2 nitrogen and oxygen atoms in total. The van der Waals surface area contributed by atoms with Gasteiger partial charge in [-0.2, -0.15) is 0 Å². The second kappa shape index (κ2) is 7.07. The number of benzene rings is 1. The summed E-state index contributed by atoms with van der Waals surface area (Å²) in [7, 11) is 0. The number of aryl methyl sites for hydroxylation is 1. The number of hydrogen-bond donors (Lipinski definition) is 1. The van der Waals surface area contributed by atoms with E-state index in [1.165, 1.54) is 5.56 Å². The molecular formula is C14H21NO. The average Bonchev–Trinajstić information content (AvgIpc) is 2.30. The van der Waals surface area contributed by atoms with Crippen molar-refractivity contribution in [3.8, 4) is 5.75 Å². The summed E-state index contributed by atoms with van der Waals surface area (Å²) in [6, 6.07) is 8.28. The van der Waals surface area contributed by atoms with Crippen LogP contribution in [0, 0.1) is 0 Å². The Morgan fingerprint density at radius 2 is 2.06 bits per heavy atom. The van der Waals surface area contributed by atoms with E-state index in [1.807, 2.05) is 18.2 Å². The van der Waals surface area contributed by atoms with Gasteiger partial charge in [0.25, 0.3) is 0 Å². The van der Waals surface area contributed by atoms with Crippen molar-refractivity contribution in [1.29, 1.82) is 0 Å². The van der Waals surface area contributed by atoms with E-state index in [9.17, 15) is 0 Å². The Balaban J connectivity index is 2.37. The molecule has 1 atom stereocenters. The molecule has 2 heteroatoms. The van der Waals surface area contributed by atoms with Crippen LogP contribution in [-0.2, 0) is 6.42 Å². The summed E-state index contributed by atoms with van der Waals surface area (Å²) in [6.07, 6.45) is 3.09. The summed E-state index contributed by atoms with van der Waals surface area (Å²) >= 11 is 0. The highest BCUT2D eigenvalue weighted by molar-refractivity contribution is 5.27. The number of nitrogens with one attached hydrogen (secondary N) is 1. The first-order valence-electron chi connectivity index (χ1n) is 5.83. The third-order valence-electron chi connectivity index (χ3n) is 2.39. The van der Waals surface area contributed by atoms with Crippen molar-refractivity contribution in [2.24, 2.45) is 0 Å². The van der Waals surface area contributed by atoms with Crippen LogP contribution < -0.4 is 10.1 Å². The van der Waals surface area contributed by atoms with Gasteiger partial charge in [-0.05, 0) is 31.0 Å². The largest absolute Gasteiger partial charge is 0.489 e. The molecule has 1 rings (SSSR count). The molecule has 0 heterocycles. The van der Waals surface area contributed by atoms with Crippen LogP contribution in [-0.4, -0.2) is 19.2 Å². The number of hydrogen-bond acceptors (Lipinski definition) is 2. The normalized spacial score (nSPS) is 12.1. The van der Waals surface area contributed by atoms with Gasteiger partial charge >= 0.3 is 0 Å². The van der Waals surface area contributed by atoms with Gasteiger partial charge in [0.2, 0.25) is 0 Å². The maximum absolute atomic E-state index is 5.76. The van der Waals surface area contributed by atoms with Crippen molar-refractivity contribution in [3.63, 3.8) is 0 Å². The van der Waals surface area contributed by atoms with E-state index in [1.54, 1.807) is 0 Å². The second-order valence-electron chi connectivity index (χ2n) is 3.87. The number of ether oxygens (including phenoxy) is 1. The Morgan fingerprint density at radius 1 is 1.38 bits per heavy atom. The molecule has 0 aliphatic carbocycles. The lowest BCUT2D eigenvalue weighted by molar-refractivity contribution is 0.219. The minimum Gasteiger partial charge on any atom is -0.489 e. The fourth-order valence-corrected chi connectivity index (χ4v) is 1.47. The second-order valence-corrected chi connectivity index (χ2v) is 3.87. The van der Waals surface area contributed by atoms with Crippen molar-refractivity contribution in [1.82, 2.24) is 5.32 Å². The van der Waals surface area contributed by atoms with Gasteiger partial charge in [-0.25, -0.2) is 0 Å². The Morgan fingerprint density at radius 3 is 2.62 bits per heavy atom. The van der Waals surface area contributed by atoms with Crippen LogP contribution in [0.2, 0.25) is 0 Å². The van der Waals surface area contributed by atoms with Crippen LogP contribution in [0.4, 0.5) is 0 Å². The van der Waals surface area contributed by atoms with E-state index in [-0.39, 0.29) is 6.10 Å². The van der Waals surface area contributed by atoms with Gasteiger partial charge in [0.05, 0.1) is 0 Å². The van der Waals surface area contributed by atoms with Crippen molar-refractivity contribution in [2.75, 3.05) is 13.1 Å². The molecule has 0 saturated heterocycles. The molecule has 0 fully saturated rings. The SMILES string of the molecule is C=CCNCC(C)Oc1ccc(CC)cc1. The van der Waals surface area contributed by atoms with Gasteiger partial charge < -0.3 is 10.1 Å². The van der Waals surface area contributed by atoms with Gasteiger partial charge in [0.1, 0.15) is 11.9 Å². The van der Waals surface area contributed by atoms with E-state index < -0.39 is 0 Å². The lowest BCUT2D eigenvalue weighted by Crippen LogP contribution is -2.28. The number of rotatable bonds is 7. The van der Waals surface area contributed by atoms with Crippen LogP contribution >= 0.6 is 0 Å². The quantitative estimate of drug-likeness (QED) is 0.562. The molecule has 0 spiro atoms. The van der Waals surface area contributed by atoms with Gasteiger partial charge in [-0.15, -0.1) is 6.58 Å². The topological polar surface area (TPSA) is 21.3 Å². The maximum atomic E-state index is 5.76. The van der Waals surface area contributed by atoms with E-state index in [0.29, 0.717) is 0 Å². The summed E-state index contributed by atoms with van der Waals surface area (Å²) in [4.78, 5) is 0. The van der Waals surface area contributed by atoms with Crippen molar-refractivity contribution >= 4 is 0 Å². The van der Waals surface area contributed by atoms with Crippen molar-refractivity contribution in [2.45, 2.75) is 26.4 Å². The van der Waals surface area contributed by atoms with Crippen LogP contribution in [0.3, 0.4) is 0 Å². The average molecular weight is 219 g/mol. The molecule has 1 unspecified atom stereocenters. The fourth-order valence-electron chi connectivity index (χ4n) is 1.47. The third-order valence-corrected chi connectivity index (χ3v) is 2.39. The van der Waals surface area contributed by atoms with Gasteiger partial charge in [0.15, 0.2) is 0 Å². The molecule has 1 N–H and O–H groups in total. The summed E-state index contributed by atoms with van der Waals surface area (Å²) in [5.41, 5.74) is 1.34. The molecule has 0 aromatic heterocycles. The van der Waals surface area contributed by atoms with E-state index >= 15 is 0 Å². The first-order valence-corrected chi connectivity index (χ1v) is 5.83. The Bertz CT molecular complexity index is 305. The molecule has 0 aliphatic rings. The highest BCUT2D eigenvalue weighted by atomic mass is 16.5. The van der Waals surface area contributed by atoms with E-state index in [4.69, 9.17) is 4.74 Å². The van der Waals surface area contributed by atoms with Gasteiger partial charge in [0, 0.05) is 13.1 Å².